The first-order valence-electron chi connectivity index (χ1n) is 7.09. The molecule has 0 radical (unpaired) electrons. The number of nitrogens with two attached hydrogens (primary N) is 1. The largest absolute Gasteiger partial charge is 0.388 e. The molecule has 2 rings (SSSR count). The molecule has 25 heavy (non-hydrogen) atoms. The van der Waals surface area contributed by atoms with Crippen LogP contribution in [0.4, 0.5) is 27.5 Å². The van der Waals surface area contributed by atoms with Gasteiger partial charge >= 0.3 is 6.03 Å². The number of nitrogens with one attached hydrogen (secondary N) is 2. The average molecular weight is 363 g/mol. The Morgan fingerprint density at radius 3 is 2.40 bits per heavy atom. The Hall–Kier alpha value is -2.98. The summed E-state index contributed by atoms with van der Waals surface area (Å²) in [4.78, 5) is 10.8. The van der Waals surface area contributed by atoms with E-state index in [1.807, 2.05) is 0 Å². The van der Waals surface area contributed by atoms with Crippen LogP contribution in [0.3, 0.4) is 0 Å². The highest BCUT2D eigenvalue weighted by molar-refractivity contribution is 7.85. The van der Waals surface area contributed by atoms with Crippen LogP contribution in [0.2, 0.25) is 0 Å². The minimum absolute atomic E-state index is 0.262. The molecule has 0 atom stereocenters. The maximum Gasteiger partial charge on any atom is 0.316 e. The molecule has 10 heteroatoms. The Balaban J connectivity index is 2.44. The fourth-order valence-corrected chi connectivity index (χ4v) is 2.48. The van der Waals surface area contributed by atoms with Crippen molar-refractivity contribution in [2.24, 2.45) is 16.0 Å². The lowest BCUT2D eigenvalue weighted by atomic mass is 10.2. The summed E-state index contributed by atoms with van der Waals surface area (Å²) in [5.74, 6) is 0. The molecule has 0 heterocycles. The molecule has 0 fully saturated rings. The van der Waals surface area contributed by atoms with Gasteiger partial charge in [-0.25, -0.2) is 4.79 Å². The number of azo groups is 1. The number of benzene rings is 2. The number of primary amides is 1. The lowest BCUT2D eigenvalue weighted by Crippen LogP contribution is -2.19. The smallest absolute Gasteiger partial charge is 0.316 e. The SMILES string of the molecule is CNc1ccc(N=Nc2cc(S(=O)(=O)O)ccc2C)c(NC(N)=O)c1. The van der Waals surface area contributed by atoms with Crippen molar-refractivity contribution in [1.82, 2.24) is 0 Å². The van der Waals surface area contributed by atoms with Gasteiger partial charge in [-0.05, 0) is 42.8 Å². The summed E-state index contributed by atoms with van der Waals surface area (Å²) in [6.07, 6.45) is 0. The van der Waals surface area contributed by atoms with E-state index in [1.165, 1.54) is 18.2 Å². The quantitative estimate of drug-likeness (QED) is 0.476. The maximum atomic E-state index is 11.2. The predicted octanol–water partition coefficient (Wildman–Crippen LogP) is 3.19. The minimum Gasteiger partial charge on any atom is -0.388 e. The number of carbonyl (C=O) groups is 1. The van der Waals surface area contributed by atoms with E-state index in [4.69, 9.17) is 10.3 Å². The van der Waals surface area contributed by atoms with Gasteiger partial charge in [0.05, 0.1) is 16.3 Å². The van der Waals surface area contributed by atoms with Gasteiger partial charge in [-0.15, -0.1) is 5.11 Å². The summed E-state index contributed by atoms with van der Waals surface area (Å²) >= 11 is 0. The van der Waals surface area contributed by atoms with Crippen molar-refractivity contribution in [3.63, 3.8) is 0 Å². The van der Waals surface area contributed by atoms with Crippen molar-refractivity contribution >= 4 is 38.9 Å². The highest BCUT2D eigenvalue weighted by Gasteiger charge is 2.11. The maximum absolute atomic E-state index is 11.2. The van der Waals surface area contributed by atoms with Crippen LogP contribution >= 0.6 is 0 Å². The topological polar surface area (TPSA) is 146 Å². The first-order chi connectivity index (χ1) is 11.7. The lowest BCUT2D eigenvalue weighted by molar-refractivity contribution is 0.259. The van der Waals surface area contributed by atoms with Crippen molar-refractivity contribution in [2.45, 2.75) is 11.8 Å². The van der Waals surface area contributed by atoms with Gasteiger partial charge in [0.25, 0.3) is 10.1 Å². The van der Waals surface area contributed by atoms with E-state index in [0.717, 1.165) is 5.69 Å². The molecule has 0 saturated carbocycles. The number of nitrogens with zero attached hydrogens (tertiary/aromatic N) is 2. The summed E-state index contributed by atoms with van der Waals surface area (Å²) in [6, 6.07) is 8.19. The number of carbonyl (C=O) groups excluding carboxylic acids is 1. The monoisotopic (exact) mass is 363 g/mol. The highest BCUT2D eigenvalue weighted by Crippen LogP contribution is 2.31. The van der Waals surface area contributed by atoms with E-state index in [9.17, 15) is 13.2 Å². The molecule has 0 spiro atoms. The molecule has 0 aliphatic heterocycles. The Bertz CT molecular complexity index is 941. The fraction of sp³-hybridized carbons (Fsp3) is 0.133. The van der Waals surface area contributed by atoms with Gasteiger partial charge in [0.2, 0.25) is 0 Å². The first-order valence-corrected chi connectivity index (χ1v) is 8.53. The third kappa shape index (κ3) is 4.75. The summed E-state index contributed by atoms with van der Waals surface area (Å²) in [6.45, 7) is 1.72. The number of anilines is 2. The van der Waals surface area contributed by atoms with Gasteiger partial charge in [-0.3, -0.25) is 4.55 Å². The van der Waals surface area contributed by atoms with Crippen LogP contribution in [0.15, 0.2) is 51.5 Å². The molecule has 2 aromatic carbocycles. The number of amides is 2. The van der Waals surface area contributed by atoms with Crippen LogP contribution in [0, 0.1) is 6.92 Å². The van der Waals surface area contributed by atoms with Crippen molar-refractivity contribution in [2.75, 3.05) is 17.7 Å². The van der Waals surface area contributed by atoms with Crippen LogP contribution < -0.4 is 16.4 Å². The molecular formula is C15H17N5O4S. The summed E-state index contributed by atoms with van der Waals surface area (Å²) in [7, 11) is -2.62. The van der Waals surface area contributed by atoms with Crippen LogP contribution in [0.25, 0.3) is 0 Å². The summed E-state index contributed by atoms with van der Waals surface area (Å²) < 4.78 is 31.6. The second-order valence-electron chi connectivity index (χ2n) is 5.09. The Morgan fingerprint density at radius 2 is 1.80 bits per heavy atom. The number of hydrogen-bond donors (Lipinski definition) is 4. The molecule has 2 amide bonds. The van der Waals surface area contributed by atoms with E-state index >= 15 is 0 Å². The number of hydrogen-bond acceptors (Lipinski definition) is 6. The average Bonchev–Trinajstić information content (AvgIpc) is 2.53. The van der Waals surface area contributed by atoms with E-state index in [0.29, 0.717) is 16.9 Å². The van der Waals surface area contributed by atoms with E-state index in [2.05, 4.69) is 20.9 Å². The highest BCUT2D eigenvalue weighted by atomic mass is 32.2. The molecule has 2 aromatic rings. The Morgan fingerprint density at radius 1 is 1.12 bits per heavy atom. The van der Waals surface area contributed by atoms with Crippen LogP contribution in [0.1, 0.15) is 5.56 Å². The zero-order valence-corrected chi connectivity index (χ0v) is 14.3. The molecule has 132 valence electrons. The molecule has 0 aliphatic carbocycles. The normalized spacial score (nSPS) is 11.5. The standard InChI is InChI=1S/C15H17N5O4S/c1-9-3-5-11(25(22,23)24)8-13(9)20-19-12-6-4-10(17-2)7-14(12)18-15(16)21/h3-8,17H,1-2H3,(H3,16,18,21)(H,22,23,24). The number of rotatable bonds is 5. The third-order valence-corrected chi connectivity index (χ3v) is 4.14. The van der Waals surface area contributed by atoms with Crippen molar-refractivity contribution in [3.8, 4) is 0 Å². The lowest BCUT2D eigenvalue weighted by Gasteiger charge is -2.08. The molecule has 0 bridgehead atoms. The first kappa shape index (κ1) is 18.4. The predicted molar refractivity (Wildman–Crippen MR) is 94.4 cm³/mol. The van der Waals surface area contributed by atoms with Gasteiger partial charge < -0.3 is 16.4 Å². The number of aryl methyl sites for hydroxylation is 1. The summed E-state index contributed by atoms with van der Waals surface area (Å²) in [5.41, 5.74) is 7.47. The van der Waals surface area contributed by atoms with Crippen molar-refractivity contribution < 1.29 is 17.8 Å². The molecule has 0 aromatic heterocycles. The van der Waals surface area contributed by atoms with Gasteiger partial charge in [0.1, 0.15) is 5.69 Å². The van der Waals surface area contributed by atoms with E-state index in [-0.39, 0.29) is 10.6 Å². The van der Waals surface area contributed by atoms with Gasteiger partial charge in [-0.1, -0.05) is 6.07 Å². The molecule has 5 N–H and O–H groups in total. The van der Waals surface area contributed by atoms with Crippen molar-refractivity contribution in [3.05, 3.63) is 42.0 Å². The summed E-state index contributed by atoms with van der Waals surface area (Å²) in [5, 5.41) is 13.4. The van der Waals surface area contributed by atoms with E-state index < -0.39 is 16.1 Å². The third-order valence-electron chi connectivity index (χ3n) is 3.29. The molecule has 0 saturated heterocycles. The minimum atomic E-state index is -4.34. The van der Waals surface area contributed by atoms with Crippen LogP contribution in [-0.4, -0.2) is 26.0 Å². The van der Waals surface area contributed by atoms with Crippen LogP contribution in [0.5, 0.6) is 0 Å². The van der Waals surface area contributed by atoms with E-state index in [1.54, 1.807) is 32.2 Å². The Labute approximate surface area is 144 Å². The number of urea groups is 1. The van der Waals surface area contributed by atoms with Crippen LogP contribution in [-0.2, 0) is 10.1 Å². The zero-order valence-electron chi connectivity index (χ0n) is 13.5. The molecule has 9 nitrogen and oxygen atoms in total. The fourth-order valence-electron chi connectivity index (χ4n) is 1.98. The van der Waals surface area contributed by atoms with Gasteiger partial charge in [-0.2, -0.15) is 13.5 Å². The molecule has 0 unspecified atom stereocenters. The Kier molecular flexibility index (Phi) is 5.35. The van der Waals surface area contributed by atoms with Gasteiger partial charge in [0, 0.05) is 12.7 Å². The molecule has 0 aliphatic rings. The van der Waals surface area contributed by atoms with Gasteiger partial charge in [0.15, 0.2) is 0 Å². The second-order valence-corrected chi connectivity index (χ2v) is 6.52. The zero-order chi connectivity index (χ0) is 18.6. The second kappa shape index (κ2) is 7.28. The van der Waals surface area contributed by atoms with Crippen molar-refractivity contribution in [1.29, 1.82) is 0 Å². The molecular weight excluding hydrogens is 346 g/mol.